The molecule has 1 fully saturated rings. The Balaban J connectivity index is 2.20. The van der Waals surface area contributed by atoms with Gasteiger partial charge in [0.1, 0.15) is 0 Å². The Kier molecular flexibility index (Phi) is 4.18. The summed E-state index contributed by atoms with van der Waals surface area (Å²) < 4.78 is 0. The fourth-order valence-electron chi connectivity index (χ4n) is 2.90. The fraction of sp³-hybridized carbons (Fsp3) is 0.375. The van der Waals surface area contributed by atoms with Gasteiger partial charge in [-0.15, -0.1) is 0 Å². The van der Waals surface area contributed by atoms with E-state index in [1.807, 2.05) is 12.1 Å². The zero-order valence-electron chi connectivity index (χ0n) is 12.3. The molecular weight excluding hydrogens is 302 g/mol. The molecule has 1 aromatic carbocycles. The van der Waals surface area contributed by atoms with Crippen LogP contribution in [-0.4, -0.2) is 42.2 Å². The van der Waals surface area contributed by atoms with Gasteiger partial charge in [-0.05, 0) is 31.0 Å². The van der Waals surface area contributed by atoms with Crippen molar-refractivity contribution in [3.8, 4) is 0 Å². The number of aliphatic hydroxyl groups excluding tert-OH is 1. The number of benzene rings is 1. The number of nitrogens with zero attached hydrogens (tertiary/aromatic N) is 2. The molecule has 1 amide bonds. The highest BCUT2D eigenvalue weighted by molar-refractivity contribution is 6.36. The molecule has 0 bridgehead atoms. The molecule has 0 aliphatic carbocycles. The number of carbonyl (C=O) groups excluding carboxylic acids is 1. The zero-order chi connectivity index (χ0) is 15.7. The minimum absolute atomic E-state index is 0.185. The molecule has 1 saturated heterocycles. The lowest BCUT2D eigenvalue weighted by atomic mass is 10.0. The minimum atomic E-state index is -0.272. The van der Waals surface area contributed by atoms with E-state index < -0.39 is 0 Å². The van der Waals surface area contributed by atoms with E-state index in [-0.39, 0.29) is 12.0 Å². The van der Waals surface area contributed by atoms with E-state index in [1.165, 1.54) is 0 Å². The SMILES string of the molecule is CNC(=O)c1cc(Cl)c2cccnc2c1N1CCC(O)CC1. The van der Waals surface area contributed by atoms with Gasteiger partial charge in [0.2, 0.25) is 0 Å². The third-order valence-electron chi connectivity index (χ3n) is 4.07. The highest BCUT2D eigenvalue weighted by Gasteiger charge is 2.25. The number of pyridine rings is 1. The number of hydrogen-bond donors (Lipinski definition) is 2. The van der Waals surface area contributed by atoms with Crippen molar-refractivity contribution in [2.75, 3.05) is 25.0 Å². The van der Waals surface area contributed by atoms with Crippen LogP contribution in [0.2, 0.25) is 5.02 Å². The Morgan fingerprint density at radius 2 is 2.18 bits per heavy atom. The first-order valence-electron chi connectivity index (χ1n) is 7.34. The quantitative estimate of drug-likeness (QED) is 0.890. The van der Waals surface area contributed by atoms with Crippen molar-refractivity contribution in [2.24, 2.45) is 0 Å². The second kappa shape index (κ2) is 6.10. The highest BCUT2D eigenvalue weighted by Crippen LogP contribution is 2.35. The van der Waals surface area contributed by atoms with Crippen molar-refractivity contribution in [1.82, 2.24) is 10.3 Å². The lowest BCUT2D eigenvalue weighted by Crippen LogP contribution is -2.37. The maximum Gasteiger partial charge on any atom is 0.253 e. The largest absolute Gasteiger partial charge is 0.393 e. The van der Waals surface area contributed by atoms with Crippen molar-refractivity contribution >= 4 is 34.1 Å². The minimum Gasteiger partial charge on any atom is -0.393 e. The summed E-state index contributed by atoms with van der Waals surface area (Å²) >= 11 is 6.32. The molecule has 0 radical (unpaired) electrons. The van der Waals surface area contributed by atoms with E-state index in [4.69, 9.17) is 11.6 Å². The lowest BCUT2D eigenvalue weighted by Gasteiger charge is -2.33. The molecule has 3 rings (SSSR count). The van der Waals surface area contributed by atoms with Gasteiger partial charge in [0.05, 0.1) is 27.9 Å². The number of hydrogen-bond acceptors (Lipinski definition) is 4. The Labute approximate surface area is 133 Å². The molecule has 22 heavy (non-hydrogen) atoms. The van der Waals surface area contributed by atoms with Crippen LogP contribution < -0.4 is 10.2 Å². The number of nitrogens with one attached hydrogen (secondary N) is 1. The van der Waals surface area contributed by atoms with Gasteiger partial charge in [-0.1, -0.05) is 11.6 Å². The van der Waals surface area contributed by atoms with Crippen molar-refractivity contribution in [2.45, 2.75) is 18.9 Å². The summed E-state index contributed by atoms with van der Waals surface area (Å²) in [4.78, 5) is 18.8. The summed E-state index contributed by atoms with van der Waals surface area (Å²) in [5.74, 6) is -0.185. The standard InChI is InChI=1S/C16H18ClN3O2/c1-18-16(22)12-9-13(17)11-3-2-6-19-14(11)15(12)20-7-4-10(21)5-8-20/h2-3,6,9-10,21H,4-5,7-8H2,1H3,(H,18,22). The lowest BCUT2D eigenvalue weighted by molar-refractivity contribution is 0.0963. The van der Waals surface area contributed by atoms with E-state index in [0.29, 0.717) is 36.5 Å². The Bertz CT molecular complexity index is 712. The van der Waals surface area contributed by atoms with Gasteiger partial charge in [-0.3, -0.25) is 9.78 Å². The van der Waals surface area contributed by atoms with E-state index >= 15 is 0 Å². The first-order chi connectivity index (χ1) is 10.6. The van der Waals surface area contributed by atoms with Gasteiger partial charge >= 0.3 is 0 Å². The maximum atomic E-state index is 12.3. The van der Waals surface area contributed by atoms with Gasteiger partial charge in [0.15, 0.2) is 0 Å². The van der Waals surface area contributed by atoms with Crippen LogP contribution in [0.5, 0.6) is 0 Å². The summed E-state index contributed by atoms with van der Waals surface area (Å²) in [6.07, 6.45) is 2.80. The molecule has 6 heteroatoms. The van der Waals surface area contributed by atoms with Crippen LogP contribution in [-0.2, 0) is 0 Å². The van der Waals surface area contributed by atoms with Crippen molar-refractivity contribution in [1.29, 1.82) is 0 Å². The Morgan fingerprint density at radius 1 is 1.45 bits per heavy atom. The predicted octanol–water partition coefficient (Wildman–Crippen LogP) is 2.21. The van der Waals surface area contributed by atoms with E-state index in [9.17, 15) is 9.90 Å². The van der Waals surface area contributed by atoms with Crippen molar-refractivity contribution < 1.29 is 9.90 Å². The molecule has 2 aromatic rings. The van der Waals surface area contributed by atoms with Crippen LogP contribution >= 0.6 is 11.6 Å². The molecular formula is C16H18ClN3O2. The van der Waals surface area contributed by atoms with E-state index in [1.54, 1.807) is 19.3 Å². The molecule has 0 saturated carbocycles. The smallest absolute Gasteiger partial charge is 0.253 e. The molecule has 2 heterocycles. The summed E-state index contributed by atoms with van der Waals surface area (Å²) in [7, 11) is 1.60. The third-order valence-corrected chi connectivity index (χ3v) is 4.38. The Morgan fingerprint density at radius 3 is 2.86 bits per heavy atom. The van der Waals surface area contributed by atoms with Gasteiger partial charge < -0.3 is 15.3 Å². The normalized spacial score (nSPS) is 16.0. The number of carbonyl (C=O) groups is 1. The summed E-state index contributed by atoms with van der Waals surface area (Å²) in [6.45, 7) is 1.39. The van der Waals surface area contributed by atoms with Crippen LogP contribution in [0.4, 0.5) is 5.69 Å². The summed E-state index contributed by atoms with van der Waals surface area (Å²) in [5, 5.41) is 13.7. The van der Waals surface area contributed by atoms with Crippen molar-refractivity contribution in [3.05, 3.63) is 35.0 Å². The molecule has 0 spiro atoms. The zero-order valence-corrected chi connectivity index (χ0v) is 13.1. The number of amides is 1. The number of aliphatic hydroxyl groups is 1. The van der Waals surface area contributed by atoms with Crippen LogP contribution in [0.25, 0.3) is 10.9 Å². The van der Waals surface area contributed by atoms with E-state index in [0.717, 1.165) is 16.6 Å². The molecule has 1 aliphatic rings. The van der Waals surface area contributed by atoms with Gasteiger partial charge in [-0.25, -0.2) is 0 Å². The summed E-state index contributed by atoms with van der Waals surface area (Å²) in [5.41, 5.74) is 2.05. The second-order valence-electron chi connectivity index (χ2n) is 5.45. The highest BCUT2D eigenvalue weighted by atomic mass is 35.5. The number of anilines is 1. The first-order valence-corrected chi connectivity index (χ1v) is 7.72. The number of fused-ring (bicyclic) bond motifs is 1. The first kappa shape index (κ1) is 15.1. The predicted molar refractivity (Wildman–Crippen MR) is 87.6 cm³/mol. The molecule has 2 N–H and O–H groups in total. The van der Waals surface area contributed by atoms with Crippen molar-refractivity contribution in [3.63, 3.8) is 0 Å². The number of halogens is 1. The molecule has 1 aromatic heterocycles. The summed E-state index contributed by atoms with van der Waals surface area (Å²) in [6, 6.07) is 5.43. The number of rotatable bonds is 2. The molecule has 116 valence electrons. The second-order valence-corrected chi connectivity index (χ2v) is 5.86. The van der Waals surface area contributed by atoms with Crippen LogP contribution in [0.15, 0.2) is 24.4 Å². The van der Waals surface area contributed by atoms with Gasteiger partial charge in [0.25, 0.3) is 5.91 Å². The van der Waals surface area contributed by atoms with Crippen LogP contribution in [0.3, 0.4) is 0 Å². The van der Waals surface area contributed by atoms with Gasteiger partial charge in [0, 0.05) is 31.7 Å². The number of piperidine rings is 1. The molecule has 5 nitrogen and oxygen atoms in total. The maximum absolute atomic E-state index is 12.3. The average Bonchev–Trinajstić information content (AvgIpc) is 2.55. The average molecular weight is 320 g/mol. The molecule has 0 atom stereocenters. The van der Waals surface area contributed by atoms with Crippen LogP contribution in [0, 0.1) is 0 Å². The van der Waals surface area contributed by atoms with Crippen LogP contribution in [0.1, 0.15) is 23.2 Å². The Hall–Kier alpha value is -1.85. The monoisotopic (exact) mass is 319 g/mol. The van der Waals surface area contributed by atoms with Gasteiger partial charge in [-0.2, -0.15) is 0 Å². The third kappa shape index (κ3) is 2.62. The molecule has 1 aliphatic heterocycles. The number of aromatic nitrogens is 1. The fourth-order valence-corrected chi connectivity index (χ4v) is 3.17. The van der Waals surface area contributed by atoms with E-state index in [2.05, 4.69) is 15.2 Å². The molecule has 0 unspecified atom stereocenters. The topological polar surface area (TPSA) is 65.5 Å².